The lowest BCUT2D eigenvalue weighted by Crippen LogP contribution is -1.99. The fourth-order valence-corrected chi connectivity index (χ4v) is 3.31. The molecule has 23 heavy (non-hydrogen) atoms. The Morgan fingerprint density at radius 2 is 2.00 bits per heavy atom. The third-order valence-electron chi connectivity index (χ3n) is 4.23. The Morgan fingerprint density at radius 1 is 1.17 bits per heavy atom. The van der Waals surface area contributed by atoms with Crippen LogP contribution in [-0.4, -0.2) is 11.5 Å². The summed E-state index contributed by atoms with van der Waals surface area (Å²) in [5.74, 6) is -0.323. The molecule has 0 amide bonds. The first-order valence-corrected chi connectivity index (χ1v) is 8.25. The van der Waals surface area contributed by atoms with E-state index in [1.165, 1.54) is 28.6 Å². The van der Waals surface area contributed by atoms with Gasteiger partial charge in [0.15, 0.2) is 0 Å². The number of nitrogens with two attached hydrogens (primary N) is 1. The first kappa shape index (κ1) is 16.0. The lowest BCUT2D eigenvalue weighted by atomic mass is 9.99. The van der Waals surface area contributed by atoms with Crippen molar-refractivity contribution in [2.75, 3.05) is 6.54 Å². The van der Waals surface area contributed by atoms with Crippen molar-refractivity contribution in [2.24, 2.45) is 5.73 Å². The van der Waals surface area contributed by atoms with Crippen LogP contribution in [0.3, 0.4) is 0 Å². The van der Waals surface area contributed by atoms with E-state index in [4.69, 9.17) is 17.3 Å². The van der Waals surface area contributed by atoms with Gasteiger partial charge in [0, 0.05) is 16.5 Å². The van der Waals surface area contributed by atoms with Crippen molar-refractivity contribution in [1.29, 1.82) is 0 Å². The third kappa shape index (κ3) is 3.12. The molecule has 0 bridgehead atoms. The smallest absolute Gasteiger partial charge is 0.124 e. The summed E-state index contributed by atoms with van der Waals surface area (Å²) >= 11 is 6.28. The minimum atomic E-state index is -0.323. The second-order valence-corrected chi connectivity index (χ2v) is 6.25. The molecule has 0 aliphatic heterocycles. The molecule has 0 fully saturated rings. The molecule has 0 atom stereocenters. The summed E-state index contributed by atoms with van der Waals surface area (Å²) in [4.78, 5) is 3.50. The molecule has 0 saturated heterocycles. The Morgan fingerprint density at radius 3 is 2.74 bits per heavy atom. The van der Waals surface area contributed by atoms with Crippen LogP contribution in [0, 0.1) is 12.7 Å². The van der Waals surface area contributed by atoms with E-state index < -0.39 is 0 Å². The SMILES string of the molecule is Cc1cccc2c(CCCCN)c(-c3ccc(F)cc3Cl)[nH]c12. The maximum absolute atomic E-state index is 13.4. The number of hydrogen-bond donors (Lipinski definition) is 2. The van der Waals surface area contributed by atoms with E-state index in [1.807, 2.05) is 0 Å². The molecular weight excluding hydrogens is 311 g/mol. The minimum Gasteiger partial charge on any atom is -0.354 e. The van der Waals surface area contributed by atoms with Crippen LogP contribution in [0.1, 0.15) is 24.0 Å². The van der Waals surface area contributed by atoms with E-state index >= 15 is 0 Å². The Kier molecular flexibility index (Phi) is 4.69. The van der Waals surface area contributed by atoms with Gasteiger partial charge < -0.3 is 10.7 Å². The normalized spacial score (nSPS) is 11.3. The van der Waals surface area contributed by atoms with Gasteiger partial charge in [0.25, 0.3) is 0 Å². The number of aromatic nitrogens is 1. The highest BCUT2D eigenvalue weighted by atomic mass is 35.5. The number of hydrogen-bond acceptors (Lipinski definition) is 1. The van der Waals surface area contributed by atoms with E-state index in [0.29, 0.717) is 11.6 Å². The van der Waals surface area contributed by atoms with Crippen LogP contribution in [0.5, 0.6) is 0 Å². The average molecular weight is 331 g/mol. The van der Waals surface area contributed by atoms with Crippen molar-refractivity contribution in [3.8, 4) is 11.3 Å². The van der Waals surface area contributed by atoms with Gasteiger partial charge in [0.2, 0.25) is 0 Å². The molecule has 0 radical (unpaired) electrons. The third-order valence-corrected chi connectivity index (χ3v) is 4.54. The number of para-hydroxylation sites is 1. The maximum atomic E-state index is 13.4. The molecule has 0 aliphatic rings. The highest BCUT2D eigenvalue weighted by molar-refractivity contribution is 6.33. The topological polar surface area (TPSA) is 41.8 Å². The quantitative estimate of drug-likeness (QED) is 0.619. The average Bonchev–Trinajstić information content (AvgIpc) is 2.88. The predicted molar refractivity (Wildman–Crippen MR) is 95.4 cm³/mol. The molecule has 0 saturated carbocycles. The van der Waals surface area contributed by atoms with Crippen molar-refractivity contribution < 1.29 is 4.39 Å². The molecule has 1 heterocycles. The van der Waals surface area contributed by atoms with E-state index in [2.05, 4.69) is 30.1 Å². The summed E-state index contributed by atoms with van der Waals surface area (Å²) in [6.07, 6.45) is 2.92. The number of unbranched alkanes of at least 4 members (excludes halogenated alkanes) is 1. The van der Waals surface area contributed by atoms with Gasteiger partial charge in [-0.25, -0.2) is 4.39 Å². The first-order valence-electron chi connectivity index (χ1n) is 7.87. The molecule has 3 N–H and O–H groups in total. The minimum absolute atomic E-state index is 0.323. The monoisotopic (exact) mass is 330 g/mol. The molecule has 1 aromatic heterocycles. The largest absolute Gasteiger partial charge is 0.354 e. The van der Waals surface area contributed by atoms with Crippen LogP contribution >= 0.6 is 11.6 Å². The van der Waals surface area contributed by atoms with Crippen molar-refractivity contribution in [1.82, 2.24) is 4.98 Å². The van der Waals surface area contributed by atoms with Crippen molar-refractivity contribution >= 4 is 22.5 Å². The summed E-state index contributed by atoms with van der Waals surface area (Å²) in [5, 5.41) is 1.63. The molecule has 3 aromatic rings. The fraction of sp³-hybridized carbons (Fsp3) is 0.263. The molecule has 0 aliphatic carbocycles. The van der Waals surface area contributed by atoms with E-state index in [-0.39, 0.29) is 5.82 Å². The van der Waals surface area contributed by atoms with Crippen LogP contribution < -0.4 is 5.73 Å². The van der Waals surface area contributed by atoms with Crippen LogP contribution in [0.25, 0.3) is 22.2 Å². The summed E-state index contributed by atoms with van der Waals surface area (Å²) in [6.45, 7) is 2.77. The maximum Gasteiger partial charge on any atom is 0.124 e. The Bertz CT molecular complexity index is 839. The molecule has 3 rings (SSSR count). The number of fused-ring (bicyclic) bond motifs is 1. The lowest BCUT2D eigenvalue weighted by molar-refractivity contribution is 0.628. The number of aromatic amines is 1. The molecule has 0 spiro atoms. The number of nitrogens with one attached hydrogen (secondary N) is 1. The lowest BCUT2D eigenvalue weighted by Gasteiger charge is -2.07. The summed E-state index contributed by atoms with van der Waals surface area (Å²) in [7, 11) is 0. The van der Waals surface area contributed by atoms with E-state index in [9.17, 15) is 4.39 Å². The highest BCUT2D eigenvalue weighted by Gasteiger charge is 2.16. The molecule has 0 unspecified atom stereocenters. The number of halogens is 2. The van der Waals surface area contributed by atoms with Gasteiger partial charge in [-0.15, -0.1) is 0 Å². The second kappa shape index (κ2) is 6.73. The zero-order valence-corrected chi connectivity index (χ0v) is 13.9. The molecule has 4 heteroatoms. The van der Waals surface area contributed by atoms with Crippen LogP contribution in [-0.2, 0) is 6.42 Å². The van der Waals surface area contributed by atoms with Gasteiger partial charge >= 0.3 is 0 Å². The molecule has 2 nitrogen and oxygen atoms in total. The van der Waals surface area contributed by atoms with Gasteiger partial charge in [0.05, 0.1) is 10.7 Å². The standard InChI is InChI=1S/C19H20ClFN2/c1-12-5-4-7-14-15(6-2-3-10-22)19(23-18(12)14)16-9-8-13(21)11-17(16)20/h4-5,7-9,11,23H,2-3,6,10,22H2,1H3. The Balaban J connectivity index is 2.17. The van der Waals surface area contributed by atoms with E-state index in [1.54, 1.807) is 6.07 Å². The highest BCUT2D eigenvalue weighted by Crippen LogP contribution is 2.36. The van der Waals surface area contributed by atoms with Crippen LogP contribution in [0.4, 0.5) is 4.39 Å². The summed E-state index contributed by atoms with van der Waals surface area (Å²) in [6, 6.07) is 10.8. The summed E-state index contributed by atoms with van der Waals surface area (Å²) in [5.41, 5.74) is 11.0. The number of H-pyrrole nitrogens is 1. The molecular formula is C19H20ClFN2. The molecule has 2 aromatic carbocycles. The fourth-order valence-electron chi connectivity index (χ4n) is 3.05. The Labute approximate surface area is 140 Å². The summed E-state index contributed by atoms with van der Waals surface area (Å²) < 4.78 is 13.4. The van der Waals surface area contributed by atoms with Crippen molar-refractivity contribution in [3.05, 3.63) is 58.4 Å². The Hall–Kier alpha value is -1.84. The van der Waals surface area contributed by atoms with Gasteiger partial charge in [-0.05, 0) is 62.1 Å². The van der Waals surface area contributed by atoms with Gasteiger partial charge in [-0.3, -0.25) is 0 Å². The second-order valence-electron chi connectivity index (χ2n) is 5.85. The predicted octanol–water partition coefficient (Wildman–Crippen LogP) is 5.22. The van der Waals surface area contributed by atoms with E-state index in [0.717, 1.165) is 36.0 Å². The number of benzene rings is 2. The zero-order valence-electron chi connectivity index (χ0n) is 13.1. The van der Waals surface area contributed by atoms with Crippen molar-refractivity contribution in [2.45, 2.75) is 26.2 Å². The molecule has 120 valence electrons. The van der Waals surface area contributed by atoms with Crippen LogP contribution in [0.15, 0.2) is 36.4 Å². The van der Waals surface area contributed by atoms with Gasteiger partial charge in [-0.2, -0.15) is 0 Å². The van der Waals surface area contributed by atoms with Gasteiger partial charge in [-0.1, -0.05) is 29.8 Å². The van der Waals surface area contributed by atoms with Crippen LogP contribution in [0.2, 0.25) is 5.02 Å². The first-order chi connectivity index (χ1) is 11.1. The van der Waals surface area contributed by atoms with Crippen molar-refractivity contribution in [3.63, 3.8) is 0 Å². The van der Waals surface area contributed by atoms with Gasteiger partial charge in [0.1, 0.15) is 5.82 Å². The zero-order chi connectivity index (χ0) is 16.4. The number of aryl methyl sites for hydroxylation is 2. The number of rotatable bonds is 5.